The molecule has 1 aliphatic carbocycles. The lowest BCUT2D eigenvalue weighted by atomic mass is 10.2. The van der Waals surface area contributed by atoms with E-state index in [0.29, 0.717) is 12.8 Å². The fraction of sp³-hybridized carbons (Fsp3) is 0.833. The van der Waals surface area contributed by atoms with E-state index in [9.17, 15) is 9.90 Å². The third-order valence-corrected chi connectivity index (χ3v) is 1.87. The molecule has 1 rings (SSSR count). The Balaban J connectivity index is 2.40. The number of aliphatic hydroxyl groups is 1. The van der Waals surface area contributed by atoms with Crippen molar-refractivity contribution in [3.8, 4) is 0 Å². The predicted octanol–water partition coefficient (Wildman–Crippen LogP) is -0.895. The highest BCUT2D eigenvalue weighted by molar-refractivity contribution is 5.65. The van der Waals surface area contributed by atoms with Gasteiger partial charge >= 0.3 is 6.09 Å². The summed E-state index contributed by atoms with van der Waals surface area (Å²) >= 11 is 0. The van der Waals surface area contributed by atoms with E-state index >= 15 is 0 Å². The van der Waals surface area contributed by atoms with Crippen LogP contribution < -0.4 is 11.1 Å². The van der Waals surface area contributed by atoms with Gasteiger partial charge in [-0.1, -0.05) is 0 Å². The molecule has 11 heavy (non-hydrogen) atoms. The lowest BCUT2D eigenvalue weighted by molar-refractivity contribution is 0.137. The lowest BCUT2D eigenvalue weighted by Crippen LogP contribution is -2.39. The maximum Gasteiger partial charge on any atom is 0.404 e. The summed E-state index contributed by atoms with van der Waals surface area (Å²) in [6, 6.07) is -0.468. The Morgan fingerprint density at radius 3 is 2.55 bits per heavy atom. The first kappa shape index (κ1) is 8.29. The minimum absolute atomic E-state index is 0.0816. The second kappa shape index (κ2) is 3.06. The number of rotatable bonds is 1. The Kier molecular flexibility index (Phi) is 2.31. The van der Waals surface area contributed by atoms with Gasteiger partial charge in [0.2, 0.25) is 0 Å². The molecule has 1 unspecified atom stereocenters. The van der Waals surface area contributed by atoms with Crippen LogP contribution in [0.4, 0.5) is 4.79 Å². The van der Waals surface area contributed by atoms with Crippen molar-refractivity contribution in [2.75, 3.05) is 0 Å². The maximum absolute atomic E-state index is 10.1. The molecule has 1 aliphatic rings. The van der Waals surface area contributed by atoms with Crippen molar-refractivity contribution in [3.05, 3.63) is 0 Å². The Bertz CT molecular complexity index is 162. The van der Waals surface area contributed by atoms with E-state index in [2.05, 4.69) is 5.32 Å². The second-order valence-corrected chi connectivity index (χ2v) is 2.85. The SMILES string of the molecule is N[C@H]1CC(O)[C@H](NC(=O)O)C1. The quantitative estimate of drug-likeness (QED) is 0.400. The fourth-order valence-corrected chi connectivity index (χ4v) is 1.37. The molecule has 0 heterocycles. The van der Waals surface area contributed by atoms with E-state index in [0.717, 1.165) is 0 Å². The summed E-state index contributed by atoms with van der Waals surface area (Å²) in [5, 5.41) is 19.7. The number of aliphatic hydroxyl groups excluding tert-OH is 1. The van der Waals surface area contributed by atoms with Gasteiger partial charge in [-0.25, -0.2) is 4.79 Å². The van der Waals surface area contributed by atoms with Crippen LogP contribution in [-0.4, -0.2) is 34.5 Å². The first-order valence-corrected chi connectivity index (χ1v) is 3.52. The van der Waals surface area contributed by atoms with Crippen LogP contribution >= 0.6 is 0 Å². The molecule has 5 heteroatoms. The predicted molar refractivity (Wildman–Crippen MR) is 38.2 cm³/mol. The van der Waals surface area contributed by atoms with Crippen molar-refractivity contribution in [2.24, 2.45) is 5.73 Å². The first-order chi connectivity index (χ1) is 5.09. The van der Waals surface area contributed by atoms with Gasteiger partial charge in [-0.05, 0) is 12.8 Å². The molecule has 0 aliphatic heterocycles. The molecule has 0 bridgehead atoms. The molecule has 0 aromatic heterocycles. The van der Waals surface area contributed by atoms with E-state index in [-0.39, 0.29) is 12.1 Å². The van der Waals surface area contributed by atoms with Crippen molar-refractivity contribution < 1.29 is 15.0 Å². The number of nitrogens with two attached hydrogens (primary N) is 1. The summed E-state index contributed by atoms with van der Waals surface area (Å²) in [6.07, 6.45) is -0.734. The minimum atomic E-state index is -1.11. The van der Waals surface area contributed by atoms with Gasteiger partial charge in [-0.2, -0.15) is 0 Å². The number of carboxylic acid groups (broad SMARTS) is 1. The van der Waals surface area contributed by atoms with Crippen molar-refractivity contribution in [2.45, 2.75) is 31.0 Å². The number of hydrogen-bond donors (Lipinski definition) is 4. The summed E-state index contributed by atoms with van der Waals surface area (Å²) in [6.45, 7) is 0. The zero-order valence-electron chi connectivity index (χ0n) is 6.03. The van der Waals surface area contributed by atoms with E-state index in [4.69, 9.17) is 10.8 Å². The average Bonchev–Trinajstić information content (AvgIpc) is 2.09. The molecule has 0 aromatic rings. The molecule has 0 aromatic carbocycles. The molecular formula is C6H12N2O3. The highest BCUT2D eigenvalue weighted by Crippen LogP contribution is 2.17. The lowest BCUT2D eigenvalue weighted by Gasteiger charge is -2.12. The molecule has 5 N–H and O–H groups in total. The van der Waals surface area contributed by atoms with Gasteiger partial charge in [0.05, 0.1) is 12.1 Å². The van der Waals surface area contributed by atoms with Gasteiger partial charge in [0, 0.05) is 6.04 Å². The molecule has 0 saturated heterocycles. The second-order valence-electron chi connectivity index (χ2n) is 2.85. The van der Waals surface area contributed by atoms with Crippen LogP contribution in [0.3, 0.4) is 0 Å². The van der Waals surface area contributed by atoms with Crippen LogP contribution in [0.15, 0.2) is 0 Å². The standard InChI is InChI=1S/C6H12N2O3/c7-3-1-4(5(9)2-3)8-6(10)11/h3-5,8-9H,1-2,7H2,(H,10,11)/t3-,4-,5?/m1/s1. The number of carbonyl (C=O) groups is 1. The summed E-state index contributed by atoms with van der Waals surface area (Å²) in [5.41, 5.74) is 5.50. The molecule has 1 saturated carbocycles. The van der Waals surface area contributed by atoms with Crippen molar-refractivity contribution in [1.29, 1.82) is 0 Å². The molecule has 1 amide bonds. The highest BCUT2D eigenvalue weighted by Gasteiger charge is 2.31. The van der Waals surface area contributed by atoms with Crippen molar-refractivity contribution in [3.63, 3.8) is 0 Å². The van der Waals surface area contributed by atoms with Gasteiger partial charge < -0.3 is 21.3 Å². The van der Waals surface area contributed by atoms with E-state index in [1.807, 2.05) is 0 Å². The first-order valence-electron chi connectivity index (χ1n) is 3.52. The van der Waals surface area contributed by atoms with Crippen LogP contribution in [0.2, 0.25) is 0 Å². The Hall–Kier alpha value is -0.810. The van der Waals surface area contributed by atoms with Gasteiger partial charge in [-0.15, -0.1) is 0 Å². The Labute approximate surface area is 64.2 Å². The monoisotopic (exact) mass is 160 g/mol. The zero-order chi connectivity index (χ0) is 8.43. The number of amides is 1. The third kappa shape index (κ3) is 2.06. The van der Waals surface area contributed by atoms with Crippen LogP contribution in [-0.2, 0) is 0 Å². The molecule has 0 radical (unpaired) electrons. The molecule has 1 fully saturated rings. The minimum Gasteiger partial charge on any atom is -0.465 e. The molecule has 3 atom stereocenters. The van der Waals surface area contributed by atoms with Gasteiger partial charge in [0.25, 0.3) is 0 Å². The normalized spacial score (nSPS) is 37.1. The summed E-state index contributed by atoms with van der Waals surface area (Å²) in [5.74, 6) is 0. The summed E-state index contributed by atoms with van der Waals surface area (Å²) in [7, 11) is 0. The Morgan fingerprint density at radius 2 is 2.18 bits per heavy atom. The molecular weight excluding hydrogens is 148 g/mol. The van der Waals surface area contributed by atoms with Gasteiger partial charge in [0.1, 0.15) is 0 Å². The van der Waals surface area contributed by atoms with E-state index in [1.54, 1.807) is 0 Å². The maximum atomic E-state index is 10.1. The largest absolute Gasteiger partial charge is 0.465 e. The van der Waals surface area contributed by atoms with Crippen molar-refractivity contribution >= 4 is 6.09 Å². The van der Waals surface area contributed by atoms with Crippen LogP contribution in [0.25, 0.3) is 0 Å². The molecule has 0 spiro atoms. The fourth-order valence-electron chi connectivity index (χ4n) is 1.37. The van der Waals surface area contributed by atoms with Crippen LogP contribution in [0.1, 0.15) is 12.8 Å². The average molecular weight is 160 g/mol. The van der Waals surface area contributed by atoms with E-state index < -0.39 is 12.2 Å². The van der Waals surface area contributed by atoms with Crippen molar-refractivity contribution in [1.82, 2.24) is 5.32 Å². The number of hydrogen-bond acceptors (Lipinski definition) is 3. The van der Waals surface area contributed by atoms with Gasteiger partial charge in [-0.3, -0.25) is 0 Å². The summed E-state index contributed by atoms with van der Waals surface area (Å²) < 4.78 is 0. The molecule has 5 nitrogen and oxygen atoms in total. The molecule has 64 valence electrons. The zero-order valence-corrected chi connectivity index (χ0v) is 6.03. The van der Waals surface area contributed by atoms with Crippen LogP contribution in [0.5, 0.6) is 0 Å². The van der Waals surface area contributed by atoms with Gasteiger partial charge in [0.15, 0.2) is 0 Å². The van der Waals surface area contributed by atoms with Crippen LogP contribution in [0, 0.1) is 0 Å². The topological polar surface area (TPSA) is 95.6 Å². The summed E-state index contributed by atoms with van der Waals surface area (Å²) in [4.78, 5) is 10.1. The number of nitrogens with one attached hydrogen (secondary N) is 1. The van der Waals surface area contributed by atoms with E-state index in [1.165, 1.54) is 0 Å². The smallest absolute Gasteiger partial charge is 0.404 e. The highest BCUT2D eigenvalue weighted by atomic mass is 16.4. The third-order valence-electron chi connectivity index (χ3n) is 1.87. The Morgan fingerprint density at radius 1 is 1.55 bits per heavy atom.